The fourth-order valence-corrected chi connectivity index (χ4v) is 2.40. The van der Waals surface area contributed by atoms with Crippen LogP contribution in [0.1, 0.15) is 15.9 Å². The minimum absolute atomic E-state index is 0.229. The molecule has 2 rings (SSSR count). The number of halogens is 3. The van der Waals surface area contributed by atoms with E-state index in [4.69, 9.17) is 11.6 Å². The van der Waals surface area contributed by atoms with Gasteiger partial charge in [0, 0.05) is 14.6 Å². The molecule has 0 atom stereocenters. The molecule has 0 bridgehead atoms. The SMILES string of the molecule is Cc1cc(NC(=O)c2cc(Br)ccc2Cl)ccc1Br. The van der Waals surface area contributed by atoms with Gasteiger partial charge in [-0.05, 0) is 48.9 Å². The minimum Gasteiger partial charge on any atom is -0.322 e. The van der Waals surface area contributed by atoms with E-state index in [1.807, 2.05) is 25.1 Å². The van der Waals surface area contributed by atoms with Gasteiger partial charge in [-0.2, -0.15) is 0 Å². The summed E-state index contributed by atoms with van der Waals surface area (Å²) < 4.78 is 1.82. The van der Waals surface area contributed by atoms with E-state index >= 15 is 0 Å². The van der Waals surface area contributed by atoms with Gasteiger partial charge in [0.15, 0.2) is 0 Å². The molecule has 19 heavy (non-hydrogen) atoms. The van der Waals surface area contributed by atoms with Crippen molar-refractivity contribution in [3.63, 3.8) is 0 Å². The van der Waals surface area contributed by atoms with Gasteiger partial charge < -0.3 is 5.32 Å². The molecule has 0 spiro atoms. The summed E-state index contributed by atoms with van der Waals surface area (Å²) in [5.74, 6) is -0.229. The summed E-state index contributed by atoms with van der Waals surface area (Å²) >= 11 is 12.8. The Balaban J connectivity index is 2.25. The highest BCUT2D eigenvalue weighted by Crippen LogP contribution is 2.24. The standard InChI is InChI=1S/C14H10Br2ClNO/c1-8-6-10(3-4-12(8)16)18-14(19)11-7-9(15)2-5-13(11)17/h2-7H,1H3,(H,18,19). The molecule has 0 aliphatic rings. The summed E-state index contributed by atoms with van der Waals surface area (Å²) in [5, 5.41) is 3.25. The van der Waals surface area contributed by atoms with E-state index in [0.29, 0.717) is 10.6 Å². The van der Waals surface area contributed by atoms with Crippen LogP contribution in [0.25, 0.3) is 0 Å². The number of hydrogen-bond donors (Lipinski definition) is 1. The molecule has 0 aliphatic carbocycles. The summed E-state index contributed by atoms with van der Waals surface area (Å²) in [6, 6.07) is 10.8. The van der Waals surface area contributed by atoms with Crippen LogP contribution in [0.15, 0.2) is 45.3 Å². The lowest BCUT2D eigenvalue weighted by atomic mass is 10.2. The van der Waals surface area contributed by atoms with E-state index in [0.717, 1.165) is 20.2 Å². The molecule has 0 heterocycles. The van der Waals surface area contributed by atoms with Gasteiger partial charge in [-0.15, -0.1) is 0 Å². The first-order chi connectivity index (χ1) is 8.97. The molecule has 1 N–H and O–H groups in total. The smallest absolute Gasteiger partial charge is 0.257 e. The van der Waals surface area contributed by atoms with Gasteiger partial charge in [-0.25, -0.2) is 0 Å². The number of carbonyl (C=O) groups is 1. The van der Waals surface area contributed by atoms with Crippen molar-refractivity contribution in [1.29, 1.82) is 0 Å². The van der Waals surface area contributed by atoms with Crippen LogP contribution in [0.4, 0.5) is 5.69 Å². The normalized spacial score (nSPS) is 10.3. The third kappa shape index (κ3) is 3.59. The largest absolute Gasteiger partial charge is 0.322 e. The summed E-state index contributed by atoms with van der Waals surface area (Å²) in [7, 11) is 0. The monoisotopic (exact) mass is 401 g/mol. The molecule has 0 aromatic heterocycles. The highest BCUT2D eigenvalue weighted by atomic mass is 79.9. The van der Waals surface area contributed by atoms with Crippen LogP contribution < -0.4 is 5.32 Å². The molecule has 0 saturated heterocycles. The molecule has 0 fully saturated rings. The van der Waals surface area contributed by atoms with E-state index in [2.05, 4.69) is 37.2 Å². The highest BCUT2D eigenvalue weighted by molar-refractivity contribution is 9.10. The van der Waals surface area contributed by atoms with Gasteiger partial charge in [0.25, 0.3) is 5.91 Å². The van der Waals surface area contributed by atoms with Gasteiger partial charge >= 0.3 is 0 Å². The summed E-state index contributed by atoms with van der Waals surface area (Å²) in [4.78, 5) is 12.2. The molecule has 2 aromatic carbocycles. The Morgan fingerprint density at radius 1 is 1.16 bits per heavy atom. The minimum atomic E-state index is -0.229. The summed E-state index contributed by atoms with van der Waals surface area (Å²) in [6.07, 6.45) is 0. The molecular weight excluding hydrogens is 393 g/mol. The fourth-order valence-electron chi connectivity index (χ4n) is 1.59. The predicted octanol–water partition coefficient (Wildman–Crippen LogP) is 5.43. The van der Waals surface area contributed by atoms with Crippen molar-refractivity contribution in [3.8, 4) is 0 Å². The zero-order valence-electron chi connectivity index (χ0n) is 10.0. The van der Waals surface area contributed by atoms with Crippen LogP contribution >= 0.6 is 43.5 Å². The molecule has 2 aromatic rings. The molecule has 2 nitrogen and oxygen atoms in total. The second kappa shape index (κ2) is 6.07. The van der Waals surface area contributed by atoms with Crippen LogP contribution in [0.5, 0.6) is 0 Å². The van der Waals surface area contributed by atoms with Crippen molar-refractivity contribution in [2.75, 3.05) is 5.32 Å². The number of rotatable bonds is 2. The van der Waals surface area contributed by atoms with Crippen molar-refractivity contribution in [2.45, 2.75) is 6.92 Å². The van der Waals surface area contributed by atoms with Crippen LogP contribution in [-0.4, -0.2) is 5.91 Å². The number of anilines is 1. The second-order valence-electron chi connectivity index (χ2n) is 4.04. The van der Waals surface area contributed by atoms with E-state index in [1.54, 1.807) is 18.2 Å². The first-order valence-electron chi connectivity index (χ1n) is 5.50. The number of nitrogens with one attached hydrogen (secondary N) is 1. The molecule has 0 radical (unpaired) electrons. The molecule has 0 saturated carbocycles. The molecule has 5 heteroatoms. The third-order valence-electron chi connectivity index (χ3n) is 2.59. The zero-order chi connectivity index (χ0) is 14.0. The highest BCUT2D eigenvalue weighted by Gasteiger charge is 2.11. The lowest BCUT2D eigenvalue weighted by Crippen LogP contribution is -2.12. The van der Waals surface area contributed by atoms with Crippen LogP contribution in [-0.2, 0) is 0 Å². The Kier molecular flexibility index (Phi) is 4.66. The van der Waals surface area contributed by atoms with Crippen LogP contribution in [0.2, 0.25) is 5.02 Å². The lowest BCUT2D eigenvalue weighted by Gasteiger charge is -2.08. The van der Waals surface area contributed by atoms with Crippen molar-refractivity contribution >= 4 is 55.1 Å². The third-order valence-corrected chi connectivity index (χ3v) is 4.30. The fraction of sp³-hybridized carbons (Fsp3) is 0.0714. The van der Waals surface area contributed by atoms with Crippen molar-refractivity contribution in [3.05, 3.63) is 61.5 Å². The van der Waals surface area contributed by atoms with E-state index < -0.39 is 0 Å². The Bertz CT molecular complexity index is 643. The van der Waals surface area contributed by atoms with E-state index in [-0.39, 0.29) is 5.91 Å². The first kappa shape index (κ1) is 14.6. The maximum atomic E-state index is 12.2. The Hall–Kier alpha value is -0.840. The quantitative estimate of drug-likeness (QED) is 0.712. The Morgan fingerprint density at radius 3 is 2.58 bits per heavy atom. The number of hydrogen-bond acceptors (Lipinski definition) is 1. The maximum Gasteiger partial charge on any atom is 0.257 e. The zero-order valence-corrected chi connectivity index (χ0v) is 13.9. The van der Waals surface area contributed by atoms with Crippen LogP contribution in [0, 0.1) is 6.92 Å². The topological polar surface area (TPSA) is 29.1 Å². The van der Waals surface area contributed by atoms with E-state index in [9.17, 15) is 4.79 Å². The average molecular weight is 404 g/mol. The summed E-state index contributed by atoms with van der Waals surface area (Å²) in [6.45, 7) is 1.96. The Labute approximate surface area is 133 Å². The summed E-state index contributed by atoms with van der Waals surface area (Å²) in [5.41, 5.74) is 2.23. The number of carbonyl (C=O) groups excluding carboxylic acids is 1. The van der Waals surface area contributed by atoms with Gasteiger partial charge in [-0.3, -0.25) is 4.79 Å². The predicted molar refractivity (Wildman–Crippen MR) is 86.0 cm³/mol. The van der Waals surface area contributed by atoms with Crippen molar-refractivity contribution < 1.29 is 4.79 Å². The van der Waals surface area contributed by atoms with Gasteiger partial charge in [0.1, 0.15) is 0 Å². The molecule has 0 unspecified atom stereocenters. The van der Waals surface area contributed by atoms with Crippen LogP contribution in [0.3, 0.4) is 0 Å². The lowest BCUT2D eigenvalue weighted by molar-refractivity contribution is 0.102. The van der Waals surface area contributed by atoms with E-state index in [1.165, 1.54) is 0 Å². The molecule has 98 valence electrons. The second-order valence-corrected chi connectivity index (χ2v) is 6.22. The van der Waals surface area contributed by atoms with Gasteiger partial charge in [-0.1, -0.05) is 43.5 Å². The van der Waals surface area contributed by atoms with Gasteiger partial charge in [0.2, 0.25) is 0 Å². The van der Waals surface area contributed by atoms with Crippen molar-refractivity contribution in [2.24, 2.45) is 0 Å². The first-order valence-corrected chi connectivity index (χ1v) is 7.46. The number of benzene rings is 2. The average Bonchev–Trinajstić information content (AvgIpc) is 2.36. The van der Waals surface area contributed by atoms with Gasteiger partial charge in [0.05, 0.1) is 10.6 Å². The maximum absolute atomic E-state index is 12.2. The molecule has 0 aliphatic heterocycles. The number of amides is 1. The molecule has 1 amide bonds. The van der Waals surface area contributed by atoms with Crippen molar-refractivity contribution in [1.82, 2.24) is 0 Å². The molecular formula is C14H10Br2ClNO. The number of aryl methyl sites for hydroxylation is 1. The Morgan fingerprint density at radius 2 is 1.89 bits per heavy atom.